The van der Waals surface area contributed by atoms with Gasteiger partial charge in [0.25, 0.3) is 0 Å². The zero-order chi connectivity index (χ0) is 15.4. The van der Waals surface area contributed by atoms with Crippen LogP contribution in [0.3, 0.4) is 0 Å². The third kappa shape index (κ3) is 3.64. The standard InChI is InChI=1S/C15H17BrN2O3/c1-4-20-15(19)12-8-17-18(3)13(12)9-21-14-7-11(16)6-5-10(14)2/h5-8H,4,9H2,1-3H3. The van der Waals surface area contributed by atoms with Crippen molar-refractivity contribution in [3.63, 3.8) is 0 Å². The summed E-state index contributed by atoms with van der Waals surface area (Å²) in [6.45, 7) is 4.33. The van der Waals surface area contributed by atoms with Crippen LogP contribution < -0.4 is 4.74 Å². The van der Waals surface area contributed by atoms with E-state index >= 15 is 0 Å². The summed E-state index contributed by atoms with van der Waals surface area (Å²) in [7, 11) is 1.77. The van der Waals surface area contributed by atoms with Crippen molar-refractivity contribution in [2.45, 2.75) is 20.5 Å². The van der Waals surface area contributed by atoms with Crippen molar-refractivity contribution < 1.29 is 14.3 Å². The number of hydrogen-bond donors (Lipinski definition) is 0. The van der Waals surface area contributed by atoms with E-state index in [1.165, 1.54) is 6.20 Å². The van der Waals surface area contributed by atoms with Crippen LogP contribution in [0.25, 0.3) is 0 Å². The van der Waals surface area contributed by atoms with Gasteiger partial charge in [-0.15, -0.1) is 0 Å². The van der Waals surface area contributed by atoms with Crippen molar-refractivity contribution in [1.29, 1.82) is 0 Å². The molecule has 0 aliphatic rings. The monoisotopic (exact) mass is 352 g/mol. The summed E-state index contributed by atoms with van der Waals surface area (Å²) in [6.07, 6.45) is 1.50. The summed E-state index contributed by atoms with van der Waals surface area (Å²) in [5, 5.41) is 4.10. The Morgan fingerprint density at radius 3 is 2.90 bits per heavy atom. The molecule has 0 unspecified atom stereocenters. The maximum atomic E-state index is 11.9. The van der Waals surface area contributed by atoms with E-state index in [1.54, 1.807) is 18.7 Å². The molecule has 6 heteroatoms. The molecule has 1 heterocycles. The number of hydrogen-bond acceptors (Lipinski definition) is 4. The molecule has 0 aliphatic heterocycles. The Bertz CT molecular complexity index is 652. The van der Waals surface area contributed by atoms with Crippen molar-refractivity contribution in [1.82, 2.24) is 9.78 Å². The number of halogens is 1. The van der Waals surface area contributed by atoms with Crippen molar-refractivity contribution in [2.75, 3.05) is 6.61 Å². The van der Waals surface area contributed by atoms with Gasteiger partial charge in [0.2, 0.25) is 0 Å². The lowest BCUT2D eigenvalue weighted by molar-refractivity contribution is 0.0523. The van der Waals surface area contributed by atoms with Crippen LogP contribution in [0.1, 0.15) is 28.5 Å². The Morgan fingerprint density at radius 1 is 1.43 bits per heavy atom. The summed E-state index contributed by atoms with van der Waals surface area (Å²) < 4.78 is 13.4. The summed E-state index contributed by atoms with van der Waals surface area (Å²) in [5.41, 5.74) is 2.15. The number of aryl methyl sites for hydroxylation is 2. The lowest BCUT2D eigenvalue weighted by Crippen LogP contribution is -2.11. The minimum Gasteiger partial charge on any atom is -0.487 e. The molecular formula is C15H17BrN2O3. The van der Waals surface area contributed by atoms with Crippen molar-refractivity contribution >= 4 is 21.9 Å². The highest BCUT2D eigenvalue weighted by Gasteiger charge is 2.17. The first kappa shape index (κ1) is 15.6. The summed E-state index contributed by atoms with van der Waals surface area (Å²) in [5.74, 6) is 0.385. The predicted molar refractivity (Wildman–Crippen MR) is 82.4 cm³/mol. The third-order valence-electron chi connectivity index (χ3n) is 3.07. The Hall–Kier alpha value is -1.82. The number of aromatic nitrogens is 2. The van der Waals surface area contributed by atoms with Gasteiger partial charge in [0.1, 0.15) is 17.9 Å². The maximum absolute atomic E-state index is 11.9. The highest BCUT2D eigenvalue weighted by Crippen LogP contribution is 2.24. The van der Waals surface area contributed by atoms with Crippen LogP contribution in [0.4, 0.5) is 0 Å². The van der Waals surface area contributed by atoms with E-state index in [2.05, 4.69) is 21.0 Å². The summed E-state index contributed by atoms with van der Waals surface area (Å²) in [6, 6.07) is 5.82. The van der Waals surface area contributed by atoms with Gasteiger partial charge in [-0.1, -0.05) is 22.0 Å². The second kappa shape index (κ2) is 6.76. The molecule has 0 radical (unpaired) electrons. The molecule has 0 spiro atoms. The highest BCUT2D eigenvalue weighted by molar-refractivity contribution is 9.10. The molecule has 0 N–H and O–H groups in total. The van der Waals surface area contributed by atoms with Crippen LogP contribution in [-0.4, -0.2) is 22.4 Å². The van der Waals surface area contributed by atoms with E-state index in [9.17, 15) is 4.79 Å². The molecule has 0 saturated heterocycles. The molecule has 0 bridgehead atoms. The van der Waals surface area contributed by atoms with Crippen LogP contribution >= 0.6 is 15.9 Å². The van der Waals surface area contributed by atoms with Crippen LogP contribution in [0.2, 0.25) is 0 Å². The van der Waals surface area contributed by atoms with E-state index in [1.807, 2.05) is 25.1 Å². The SMILES string of the molecule is CCOC(=O)c1cnn(C)c1COc1cc(Br)ccc1C. The van der Waals surface area contributed by atoms with E-state index in [0.717, 1.165) is 15.8 Å². The fourth-order valence-electron chi connectivity index (χ4n) is 1.89. The smallest absolute Gasteiger partial charge is 0.341 e. The first-order valence-electron chi connectivity index (χ1n) is 6.60. The first-order valence-corrected chi connectivity index (χ1v) is 7.39. The average molecular weight is 353 g/mol. The second-order valence-corrected chi connectivity index (χ2v) is 5.46. The average Bonchev–Trinajstić information content (AvgIpc) is 2.81. The molecule has 0 saturated carbocycles. The van der Waals surface area contributed by atoms with Gasteiger partial charge >= 0.3 is 5.97 Å². The van der Waals surface area contributed by atoms with E-state index in [4.69, 9.17) is 9.47 Å². The number of benzene rings is 1. The second-order valence-electron chi connectivity index (χ2n) is 4.55. The molecule has 112 valence electrons. The van der Waals surface area contributed by atoms with Gasteiger partial charge in [-0.05, 0) is 31.5 Å². The van der Waals surface area contributed by atoms with Gasteiger partial charge < -0.3 is 9.47 Å². The predicted octanol–water partition coefficient (Wildman–Crippen LogP) is 3.25. The number of ether oxygens (including phenoxy) is 2. The number of esters is 1. The summed E-state index contributed by atoms with van der Waals surface area (Å²) in [4.78, 5) is 11.9. The van der Waals surface area contributed by atoms with Crippen molar-refractivity contribution in [3.8, 4) is 5.75 Å². The Kier molecular flexibility index (Phi) is 5.01. The zero-order valence-corrected chi connectivity index (χ0v) is 13.8. The van der Waals surface area contributed by atoms with Gasteiger partial charge in [-0.25, -0.2) is 4.79 Å². The van der Waals surface area contributed by atoms with E-state index in [-0.39, 0.29) is 12.6 Å². The Labute approximate surface area is 132 Å². The molecular weight excluding hydrogens is 336 g/mol. The lowest BCUT2D eigenvalue weighted by atomic mass is 10.2. The lowest BCUT2D eigenvalue weighted by Gasteiger charge is -2.11. The Balaban J connectivity index is 2.18. The number of rotatable bonds is 5. The maximum Gasteiger partial charge on any atom is 0.341 e. The molecule has 0 fully saturated rings. The first-order chi connectivity index (χ1) is 10.0. The molecule has 0 atom stereocenters. The number of carbonyl (C=O) groups excluding carboxylic acids is 1. The molecule has 5 nitrogen and oxygen atoms in total. The minimum atomic E-state index is -0.379. The largest absolute Gasteiger partial charge is 0.487 e. The normalized spacial score (nSPS) is 10.5. The van der Waals surface area contributed by atoms with Gasteiger partial charge in [-0.2, -0.15) is 5.10 Å². The zero-order valence-electron chi connectivity index (χ0n) is 12.2. The highest BCUT2D eigenvalue weighted by atomic mass is 79.9. The topological polar surface area (TPSA) is 53.3 Å². The molecule has 2 rings (SSSR count). The summed E-state index contributed by atoms with van der Waals surface area (Å²) >= 11 is 3.42. The Morgan fingerprint density at radius 2 is 2.19 bits per heavy atom. The molecule has 1 aromatic carbocycles. The number of carbonyl (C=O) groups is 1. The quantitative estimate of drug-likeness (QED) is 0.775. The molecule has 2 aromatic rings. The van der Waals surface area contributed by atoms with Crippen molar-refractivity contribution in [3.05, 3.63) is 45.7 Å². The molecule has 0 amide bonds. The van der Waals surface area contributed by atoms with Crippen LogP contribution in [0, 0.1) is 6.92 Å². The van der Waals surface area contributed by atoms with Crippen LogP contribution in [-0.2, 0) is 18.4 Å². The van der Waals surface area contributed by atoms with Crippen molar-refractivity contribution in [2.24, 2.45) is 7.05 Å². The van der Waals surface area contributed by atoms with E-state index < -0.39 is 0 Å². The van der Waals surface area contributed by atoms with Crippen LogP contribution in [0.15, 0.2) is 28.9 Å². The van der Waals surface area contributed by atoms with Crippen LogP contribution in [0.5, 0.6) is 5.75 Å². The molecule has 1 aromatic heterocycles. The van der Waals surface area contributed by atoms with E-state index in [0.29, 0.717) is 17.9 Å². The van der Waals surface area contributed by atoms with Gasteiger partial charge in [0.15, 0.2) is 0 Å². The van der Waals surface area contributed by atoms with Gasteiger partial charge in [0, 0.05) is 11.5 Å². The van der Waals surface area contributed by atoms with Gasteiger partial charge in [-0.3, -0.25) is 4.68 Å². The molecule has 21 heavy (non-hydrogen) atoms. The fraction of sp³-hybridized carbons (Fsp3) is 0.333. The third-order valence-corrected chi connectivity index (χ3v) is 3.56. The number of nitrogens with zero attached hydrogens (tertiary/aromatic N) is 2. The molecule has 0 aliphatic carbocycles. The fourth-order valence-corrected chi connectivity index (χ4v) is 2.23. The van der Waals surface area contributed by atoms with Gasteiger partial charge in [0.05, 0.1) is 18.5 Å². The minimum absolute atomic E-state index is 0.252.